The number of likely N-dealkylation sites (N-methyl/N-ethyl adjacent to an activating group) is 1. The number of rotatable bonds is 4. The van der Waals surface area contributed by atoms with Crippen molar-refractivity contribution in [2.75, 3.05) is 29.9 Å². The fourth-order valence-electron chi connectivity index (χ4n) is 2.49. The van der Waals surface area contributed by atoms with Crippen LogP contribution in [-0.4, -0.2) is 45.1 Å². The van der Waals surface area contributed by atoms with Gasteiger partial charge in [-0.1, -0.05) is 0 Å². The van der Waals surface area contributed by atoms with E-state index in [-0.39, 0.29) is 0 Å². The summed E-state index contributed by atoms with van der Waals surface area (Å²) in [5.41, 5.74) is 1.15. The molecular formula is C13H16N6S. The van der Waals surface area contributed by atoms with Gasteiger partial charge in [-0.25, -0.2) is 0 Å². The molecule has 1 aliphatic carbocycles. The molecule has 2 aliphatic rings. The molecule has 0 aromatic carbocycles. The SMILES string of the molecule is CN(c1cnsn1)C1CN(c2ccc(C3CC3)nn2)C1. The van der Waals surface area contributed by atoms with E-state index in [1.54, 1.807) is 0 Å². The molecule has 0 spiro atoms. The highest BCUT2D eigenvalue weighted by Crippen LogP contribution is 2.38. The van der Waals surface area contributed by atoms with Crippen LogP contribution in [0.5, 0.6) is 0 Å². The van der Waals surface area contributed by atoms with Crippen molar-refractivity contribution in [3.8, 4) is 0 Å². The van der Waals surface area contributed by atoms with E-state index in [9.17, 15) is 0 Å². The van der Waals surface area contributed by atoms with Crippen LogP contribution in [-0.2, 0) is 0 Å². The molecule has 104 valence electrons. The van der Waals surface area contributed by atoms with Gasteiger partial charge in [-0.2, -0.15) is 13.8 Å². The third kappa shape index (κ3) is 2.11. The van der Waals surface area contributed by atoms with Crippen molar-refractivity contribution in [2.24, 2.45) is 0 Å². The third-order valence-electron chi connectivity index (χ3n) is 4.11. The Morgan fingerprint density at radius 1 is 1.25 bits per heavy atom. The van der Waals surface area contributed by atoms with Gasteiger partial charge >= 0.3 is 0 Å². The number of hydrogen-bond donors (Lipinski definition) is 0. The van der Waals surface area contributed by atoms with Crippen molar-refractivity contribution in [3.63, 3.8) is 0 Å². The molecule has 1 saturated carbocycles. The molecule has 7 heteroatoms. The van der Waals surface area contributed by atoms with Crippen LogP contribution >= 0.6 is 11.7 Å². The second kappa shape index (κ2) is 4.66. The predicted octanol–water partition coefficient (Wildman–Crippen LogP) is 1.53. The van der Waals surface area contributed by atoms with Crippen molar-refractivity contribution in [1.82, 2.24) is 18.9 Å². The van der Waals surface area contributed by atoms with Gasteiger partial charge in [0.25, 0.3) is 0 Å². The average molecular weight is 288 g/mol. The summed E-state index contributed by atoms with van der Waals surface area (Å²) in [4.78, 5) is 4.44. The summed E-state index contributed by atoms with van der Waals surface area (Å²) in [6.07, 6.45) is 4.36. The van der Waals surface area contributed by atoms with Gasteiger partial charge in [0.2, 0.25) is 0 Å². The van der Waals surface area contributed by atoms with Gasteiger partial charge < -0.3 is 9.80 Å². The summed E-state index contributed by atoms with van der Waals surface area (Å²) in [5, 5.41) is 8.69. The second-order valence-corrected chi connectivity index (χ2v) is 6.08. The Hall–Kier alpha value is -1.76. The fourth-order valence-corrected chi connectivity index (χ4v) is 2.94. The van der Waals surface area contributed by atoms with Crippen molar-refractivity contribution in [1.29, 1.82) is 0 Å². The highest BCUT2D eigenvalue weighted by atomic mass is 32.1. The number of hydrogen-bond acceptors (Lipinski definition) is 7. The van der Waals surface area contributed by atoms with Gasteiger partial charge in [0, 0.05) is 26.1 Å². The Labute approximate surface area is 121 Å². The first-order chi connectivity index (χ1) is 9.81. The van der Waals surface area contributed by atoms with Crippen LogP contribution in [0.2, 0.25) is 0 Å². The molecule has 0 atom stereocenters. The molecule has 0 unspecified atom stereocenters. The van der Waals surface area contributed by atoms with Crippen LogP contribution < -0.4 is 9.80 Å². The summed E-state index contributed by atoms with van der Waals surface area (Å²) in [7, 11) is 2.07. The molecule has 0 radical (unpaired) electrons. The van der Waals surface area contributed by atoms with Crippen LogP contribution in [0.15, 0.2) is 18.3 Å². The Morgan fingerprint density at radius 3 is 2.70 bits per heavy atom. The Balaban J connectivity index is 1.38. The minimum Gasteiger partial charge on any atom is -0.351 e. The molecule has 3 heterocycles. The van der Waals surface area contributed by atoms with Gasteiger partial charge in [0.15, 0.2) is 11.6 Å². The van der Waals surface area contributed by atoms with Gasteiger partial charge in [-0.3, -0.25) is 0 Å². The number of nitrogens with zero attached hydrogens (tertiary/aromatic N) is 6. The molecule has 1 saturated heterocycles. The van der Waals surface area contributed by atoms with E-state index in [4.69, 9.17) is 0 Å². The Morgan fingerprint density at radius 2 is 2.10 bits per heavy atom. The molecule has 2 aromatic heterocycles. The molecule has 4 rings (SSSR count). The summed E-state index contributed by atoms with van der Waals surface area (Å²) < 4.78 is 8.31. The van der Waals surface area contributed by atoms with Crippen LogP contribution in [0, 0.1) is 0 Å². The van der Waals surface area contributed by atoms with E-state index >= 15 is 0 Å². The molecule has 0 amide bonds. The summed E-state index contributed by atoms with van der Waals surface area (Å²) >= 11 is 1.25. The normalized spacial score (nSPS) is 18.9. The second-order valence-electron chi connectivity index (χ2n) is 5.53. The summed E-state index contributed by atoms with van der Waals surface area (Å²) in [6, 6.07) is 4.70. The van der Waals surface area contributed by atoms with Crippen molar-refractivity contribution in [2.45, 2.75) is 24.8 Å². The first-order valence-corrected chi connectivity index (χ1v) is 7.63. The Bertz CT molecular complexity index is 573. The summed E-state index contributed by atoms with van der Waals surface area (Å²) in [6.45, 7) is 1.93. The van der Waals surface area contributed by atoms with E-state index in [1.807, 2.05) is 6.20 Å². The molecule has 2 aromatic rings. The van der Waals surface area contributed by atoms with E-state index in [1.165, 1.54) is 24.6 Å². The van der Waals surface area contributed by atoms with Gasteiger partial charge in [0.05, 0.1) is 29.7 Å². The Kier molecular flexibility index (Phi) is 2.80. The highest BCUT2D eigenvalue weighted by Gasteiger charge is 2.32. The largest absolute Gasteiger partial charge is 0.351 e. The van der Waals surface area contributed by atoms with Crippen molar-refractivity contribution in [3.05, 3.63) is 24.0 Å². The van der Waals surface area contributed by atoms with Crippen LogP contribution in [0.4, 0.5) is 11.6 Å². The topological polar surface area (TPSA) is 58.0 Å². The standard InChI is InChI=1S/C13H16N6S/c1-18(13-6-14-20-17-13)10-7-19(8-10)12-5-4-11(15-16-12)9-2-3-9/h4-6,9-10H,2-3,7-8H2,1H3. The third-order valence-corrected chi connectivity index (χ3v) is 4.58. The lowest BCUT2D eigenvalue weighted by Crippen LogP contribution is -2.59. The summed E-state index contributed by atoms with van der Waals surface area (Å²) in [5.74, 6) is 2.61. The van der Waals surface area contributed by atoms with Gasteiger partial charge in [0.1, 0.15) is 0 Å². The highest BCUT2D eigenvalue weighted by molar-refractivity contribution is 6.99. The molecule has 0 N–H and O–H groups in total. The monoisotopic (exact) mass is 288 g/mol. The maximum Gasteiger partial charge on any atom is 0.162 e. The smallest absolute Gasteiger partial charge is 0.162 e. The number of aromatic nitrogens is 4. The lowest BCUT2D eigenvalue weighted by Gasteiger charge is -2.44. The zero-order valence-electron chi connectivity index (χ0n) is 11.3. The van der Waals surface area contributed by atoms with Gasteiger partial charge in [-0.05, 0) is 25.0 Å². The van der Waals surface area contributed by atoms with Gasteiger partial charge in [-0.15, -0.1) is 5.10 Å². The maximum atomic E-state index is 4.35. The van der Waals surface area contributed by atoms with Crippen LogP contribution in [0.3, 0.4) is 0 Å². The number of anilines is 2. The minimum atomic E-state index is 0.476. The van der Waals surface area contributed by atoms with Crippen molar-refractivity contribution >= 4 is 23.4 Å². The van der Waals surface area contributed by atoms with Crippen LogP contribution in [0.1, 0.15) is 24.5 Å². The van der Waals surface area contributed by atoms with E-state index < -0.39 is 0 Å². The van der Waals surface area contributed by atoms with E-state index in [0.29, 0.717) is 12.0 Å². The zero-order chi connectivity index (χ0) is 13.5. The molecular weight excluding hydrogens is 272 g/mol. The zero-order valence-corrected chi connectivity index (χ0v) is 12.1. The first-order valence-electron chi connectivity index (χ1n) is 6.90. The molecule has 1 aliphatic heterocycles. The fraction of sp³-hybridized carbons (Fsp3) is 0.538. The van der Waals surface area contributed by atoms with E-state index in [0.717, 1.165) is 30.4 Å². The molecule has 2 fully saturated rings. The lowest BCUT2D eigenvalue weighted by molar-refractivity contribution is 0.488. The lowest BCUT2D eigenvalue weighted by atomic mass is 10.1. The maximum absolute atomic E-state index is 4.35. The first kappa shape index (κ1) is 12.0. The van der Waals surface area contributed by atoms with Crippen molar-refractivity contribution < 1.29 is 0 Å². The quantitative estimate of drug-likeness (QED) is 0.850. The molecule has 0 bridgehead atoms. The predicted molar refractivity (Wildman–Crippen MR) is 78.3 cm³/mol. The van der Waals surface area contributed by atoms with E-state index in [2.05, 4.69) is 47.9 Å². The molecule has 20 heavy (non-hydrogen) atoms. The average Bonchev–Trinajstić information content (AvgIpc) is 3.12. The minimum absolute atomic E-state index is 0.476. The van der Waals surface area contributed by atoms with Crippen LogP contribution in [0.25, 0.3) is 0 Å². The molecule has 6 nitrogen and oxygen atoms in total.